The lowest BCUT2D eigenvalue weighted by Crippen LogP contribution is -2.49. The van der Waals surface area contributed by atoms with Crippen molar-refractivity contribution in [3.63, 3.8) is 0 Å². The highest BCUT2D eigenvalue weighted by atomic mass is 32.2. The topological polar surface area (TPSA) is 79.0 Å². The zero-order valence-corrected chi connectivity index (χ0v) is 17.3. The van der Waals surface area contributed by atoms with Gasteiger partial charge in [0.25, 0.3) is 0 Å². The SMILES string of the molecule is CCC(C(=O)NCCCN1CCOCC1)N(c1ccc(C)cc1)S(C)(=O)=O. The van der Waals surface area contributed by atoms with Crippen molar-refractivity contribution >= 4 is 21.6 Å². The summed E-state index contributed by atoms with van der Waals surface area (Å²) >= 11 is 0. The first-order valence-electron chi connectivity index (χ1n) is 9.47. The lowest BCUT2D eigenvalue weighted by molar-refractivity contribution is -0.122. The van der Waals surface area contributed by atoms with Crippen LogP contribution in [0.3, 0.4) is 0 Å². The Bertz CT molecular complexity index is 700. The highest BCUT2D eigenvalue weighted by Gasteiger charge is 2.31. The van der Waals surface area contributed by atoms with Gasteiger partial charge in [-0.15, -0.1) is 0 Å². The number of sulfonamides is 1. The van der Waals surface area contributed by atoms with Crippen LogP contribution >= 0.6 is 0 Å². The first-order chi connectivity index (χ1) is 12.8. The predicted molar refractivity (Wildman–Crippen MR) is 107 cm³/mol. The number of hydrogen-bond acceptors (Lipinski definition) is 5. The Morgan fingerprint density at radius 3 is 2.44 bits per heavy atom. The van der Waals surface area contributed by atoms with Crippen LogP contribution in [0.1, 0.15) is 25.3 Å². The van der Waals surface area contributed by atoms with Crippen molar-refractivity contribution in [2.45, 2.75) is 32.7 Å². The largest absolute Gasteiger partial charge is 0.379 e. The van der Waals surface area contributed by atoms with E-state index in [1.54, 1.807) is 12.1 Å². The number of carbonyl (C=O) groups is 1. The zero-order chi connectivity index (χ0) is 19.9. The maximum atomic E-state index is 12.7. The Kier molecular flexibility index (Phi) is 8.07. The lowest BCUT2D eigenvalue weighted by atomic mass is 10.1. The molecule has 27 heavy (non-hydrogen) atoms. The third-order valence-corrected chi connectivity index (χ3v) is 5.85. The molecule has 1 saturated heterocycles. The Balaban J connectivity index is 1.98. The maximum absolute atomic E-state index is 12.7. The van der Waals surface area contributed by atoms with Gasteiger partial charge in [-0.05, 0) is 38.4 Å². The predicted octanol–water partition coefficient (Wildman–Crippen LogP) is 1.38. The summed E-state index contributed by atoms with van der Waals surface area (Å²) in [6, 6.07) is 6.42. The van der Waals surface area contributed by atoms with Crippen LogP contribution in [0.5, 0.6) is 0 Å². The van der Waals surface area contributed by atoms with Crippen LogP contribution in [0.25, 0.3) is 0 Å². The number of hydrogen-bond donors (Lipinski definition) is 1. The molecule has 1 N–H and O–H groups in total. The Morgan fingerprint density at radius 1 is 1.26 bits per heavy atom. The van der Waals surface area contributed by atoms with E-state index in [1.807, 2.05) is 26.0 Å². The lowest BCUT2D eigenvalue weighted by Gasteiger charge is -2.30. The van der Waals surface area contributed by atoms with E-state index >= 15 is 0 Å². The molecule has 0 radical (unpaired) electrons. The number of benzene rings is 1. The molecule has 8 heteroatoms. The summed E-state index contributed by atoms with van der Waals surface area (Å²) < 4.78 is 31.3. The molecule has 0 aromatic heterocycles. The second kappa shape index (κ2) is 10.1. The van der Waals surface area contributed by atoms with Gasteiger partial charge in [0.1, 0.15) is 6.04 Å². The van der Waals surface area contributed by atoms with Crippen LogP contribution in [-0.2, 0) is 19.6 Å². The van der Waals surface area contributed by atoms with Crippen molar-refractivity contribution in [1.82, 2.24) is 10.2 Å². The molecule has 1 atom stereocenters. The number of carbonyl (C=O) groups excluding carboxylic acids is 1. The molecule has 1 fully saturated rings. The molecule has 0 aliphatic carbocycles. The third kappa shape index (κ3) is 6.48. The molecule has 1 heterocycles. The van der Waals surface area contributed by atoms with Gasteiger partial charge in [0.2, 0.25) is 15.9 Å². The van der Waals surface area contributed by atoms with E-state index in [0.717, 1.165) is 51.1 Å². The smallest absolute Gasteiger partial charge is 0.243 e. The summed E-state index contributed by atoms with van der Waals surface area (Å²) in [6.45, 7) is 8.53. The van der Waals surface area contributed by atoms with Crippen molar-refractivity contribution in [2.24, 2.45) is 0 Å². The molecular formula is C19H31N3O4S. The molecule has 152 valence electrons. The van der Waals surface area contributed by atoms with Gasteiger partial charge in [0.05, 0.1) is 25.2 Å². The summed E-state index contributed by atoms with van der Waals surface area (Å²) in [6.07, 6.45) is 2.36. The molecule has 1 amide bonds. The monoisotopic (exact) mass is 397 g/mol. The summed E-state index contributed by atoms with van der Waals surface area (Å²) in [5.41, 5.74) is 1.55. The summed E-state index contributed by atoms with van der Waals surface area (Å²) in [7, 11) is -3.58. The number of amides is 1. The molecule has 7 nitrogen and oxygen atoms in total. The van der Waals surface area contributed by atoms with E-state index in [0.29, 0.717) is 18.7 Å². The number of anilines is 1. The van der Waals surface area contributed by atoms with Crippen LogP contribution in [0.15, 0.2) is 24.3 Å². The Morgan fingerprint density at radius 2 is 1.89 bits per heavy atom. The number of aryl methyl sites for hydroxylation is 1. The molecule has 2 rings (SSSR count). The fourth-order valence-corrected chi connectivity index (χ4v) is 4.42. The minimum Gasteiger partial charge on any atom is -0.379 e. The Labute approximate surface area is 162 Å². The standard InChI is InChI=1S/C19H31N3O4S/c1-4-18(19(23)20-10-5-11-21-12-14-26-15-13-21)22(27(3,24)25)17-8-6-16(2)7-9-17/h6-9,18H,4-5,10-15H2,1-3H3,(H,20,23). The molecule has 1 aliphatic rings. The van der Waals surface area contributed by atoms with E-state index in [1.165, 1.54) is 4.31 Å². The van der Waals surface area contributed by atoms with Gasteiger partial charge in [-0.25, -0.2) is 8.42 Å². The summed E-state index contributed by atoms with van der Waals surface area (Å²) in [4.78, 5) is 15.0. The second-order valence-corrected chi connectivity index (χ2v) is 8.78. The molecule has 1 aromatic rings. The first kappa shape index (κ1) is 21.7. The van der Waals surface area contributed by atoms with Crippen LogP contribution in [0.2, 0.25) is 0 Å². The number of nitrogens with zero attached hydrogens (tertiary/aromatic N) is 2. The van der Waals surface area contributed by atoms with Crippen molar-refractivity contribution in [3.05, 3.63) is 29.8 Å². The number of morpholine rings is 1. The van der Waals surface area contributed by atoms with Crippen molar-refractivity contribution in [2.75, 3.05) is 50.0 Å². The normalized spacial score (nSPS) is 16.7. The van der Waals surface area contributed by atoms with Crippen LogP contribution < -0.4 is 9.62 Å². The summed E-state index contributed by atoms with van der Waals surface area (Å²) in [5.74, 6) is -0.259. The van der Waals surface area contributed by atoms with E-state index in [4.69, 9.17) is 4.74 Å². The van der Waals surface area contributed by atoms with Crippen molar-refractivity contribution in [1.29, 1.82) is 0 Å². The maximum Gasteiger partial charge on any atom is 0.243 e. The van der Waals surface area contributed by atoms with Gasteiger partial charge < -0.3 is 10.1 Å². The Hall–Kier alpha value is -1.64. The number of rotatable bonds is 9. The molecule has 0 spiro atoms. The highest BCUT2D eigenvalue weighted by molar-refractivity contribution is 7.92. The molecular weight excluding hydrogens is 366 g/mol. The average Bonchev–Trinajstić information content (AvgIpc) is 2.64. The van der Waals surface area contributed by atoms with Crippen LogP contribution in [0.4, 0.5) is 5.69 Å². The molecule has 0 bridgehead atoms. The quantitative estimate of drug-likeness (QED) is 0.637. The first-order valence-corrected chi connectivity index (χ1v) is 11.3. The zero-order valence-electron chi connectivity index (χ0n) is 16.5. The molecule has 1 aromatic carbocycles. The molecule has 1 unspecified atom stereocenters. The van der Waals surface area contributed by atoms with Gasteiger partial charge in [-0.3, -0.25) is 14.0 Å². The fraction of sp³-hybridized carbons (Fsp3) is 0.632. The molecule has 1 aliphatic heterocycles. The van der Waals surface area contributed by atoms with E-state index in [2.05, 4.69) is 10.2 Å². The average molecular weight is 398 g/mol. The van der Waals surface area contributed by atoms with Crippen LogP contribution in [-0.4, -0.2) is 70.9 Å². The summed E-state index contributed by atoms with van der Waals surface area (Å²) in [5, 5.41) is 2.90. The highest BCUT2D eigenvalue weighted by Crippen LogP contribution is 2.22. The van der Waals surface area contributed by atoms with Gasteiger partial charge >= 0.3 is 0 Å². The van der Waals surface area contributed by atoms with Crippen molar-refractivity contribution < 1.29 is 17.9 Å². The van der Waals surface area contributed by atoms with Gasteiger partial charge in [0.15, 0.2) is 0 Å². The van der Waals surface area contributed by atoms with E-state index < -0.39 is 16.1 Å². The number of ether oxygens (including phenoxy) is 1. The van der Waals surface area contributed by atoms with Crippen LogP contribution in [0, 0.1) is 6.92 Å². The van der Waals surface area contributed by atoms with E-state index in [9.17, 15) is 13.2 Å². The minimum atomic E-state index is -3.58. The van der Waals surface area contributed by atoms with E-state index in [-0.39, 0.29) is 5.91 Å². The van der Waals surface area contributed by atoms with Gasteiger partial charge in [-0.2, -0.15) is 0 Å². The van der Waals surface area contributed by atoms with Crippen molar-refractivity contribution in [3.8, 4) is 0 Å². The molecule has 0 saturated carbocycles. The third-order valence-electron chi connectivity index (χ3n) is 4.67. The van der Waals surface area contributed by atoms with Gasteiger partial charge in [0, 0.05) is 19.6 Å². The van der Waals surface area contributed by atoms with Gasteiger partial charge in [-0.1, -0.05) is 24.6 Å². The number of nitrogens with one attached hydrogen (secondary N) is 1. The minimum absolute atomic E-state index is 0.259. The fourth-order valence-electron chi connectivity index (χ4n) is 3.21. The second-order valence-electron chi connectivity index (χ2n) is 6.92.